The summed E-state index contributed by atoms with van der Waals surface area (Å²) in [7, 11) is 0. The predicted molar refractivity (Wildman–Crippen MR) is 90.9 cm³/mol. The zero-order valence-electron chi connectivity index (χ0n) is 13.6. The normalized spacial score (nSPS) is 20.4. The van der Waals surface area contributed by atoms with E-state index in [1.54, 1.807) is 11.3 Å². The van der Waals surface area contributed by atoms with Gasteiger partial charge in [0.2, 0.25) is 0 Å². The third-order valence-corrected chi connectivity index (χ3v) is 5.89. The summed E-state index contributed by atoms with van der Waals surface area (Å²) in [6, 6.07) is 0. The first kappa shape index (κ1) is 16.2. The minimum Gasteiger partial charge on any atom is -0.466 e. The molecule has 0 aromatic carbocycles. The highest BCUT2D eigenvalue weighted by Gasteiger charge is 2.43. The van der Waals surface area contributed by atoms with E-state index in [9.17, 15) is 9.59 Å². The van der Waals surface area contributed by atoms with E-state index in [2.05, 4.69) is 16.9 Å². The van der Waals surface area contributed by atoms with Crippen molar-refractivity contribution in [2.45, 2.75) is 52.4 Å². The summed E-state index contributed by atoms with van der Waals surface area (Å²) in [6.07, 6.45) is 6.52. The number of aromatic amines is 1. The molecule has 0 fully saturated rings. The van der Waals surface area contributed by atoms with Crippen molar-refractivity contribution in [2.75, 3.05) is 6.61 Å². The Labute approximate surface area is 139 Å². The molecule has 1 N–H and O–H groups in total. The van der Waals surface area contributed by atoms with Gasteiger partial charge in [0.1, 0.15) is 4.83 Å². The SMILES string of the molecule is CCCC[C@]1(C(=O)OCC)CCc2c(sc3nc[nH]c(=O)c23)C1. The minimum absolute atomic E-state index is 0.0790. The molecule has 0 spiro atoms. The average molecular weight is 334 g/mol. The van der Waals surface area contributed by atoms with Gasteiger partial charge in [-0.25, -0.2) is 4.98 Å². The Morgan fingerprint density at radius 1 is 1.48 bits per heavy atom. The van der Waals surface area contributed by atoms with Crippen LogP contribution in [0.4, 0.5) is 0 Å². The molecule has 0 radical (unpaired) electrons. The van der Waals surface area contributed by atoms with Gasteiger partial charge in [-0.1, -0.05) is 19.8 Å². The number of hydrogen-bond donors (Lipinski definition) is 1. The number of carbonyl (C=O) groups excluding carboxylic acids is 1. The summed E-state index contributed by atoms with van der Waals surface area (Å²) in [5.41, 5.74) is 0.563. The maximum Gasteiger partial charge on any atom is 0.312 e. The van der Waals surface area contributed by atoms with Gasteiger partial charge in [0.05, 0.1) is 23.7 Å². The largest absolute Gasteiger partial charge is 0.466 e. The molecule has 0 unspecified atom stereocenters. The molecule has 0 aliphatic heterocycles. The lowest BCUT2D eigenvalue weighted by Crippen LogP contribution is -2.38. The van der Waals surface area contributed by atoms with Crippen molar-refractivity contribution in [1.82, 2.24) is 9.97 Å². The Morgan fingerprint density at radius 2 is 2.30 bits per heavy atom. The van der Waals surface area contributed by atoms with Gasteiger partial charge < -0.3 is 9.72 Å². The summed E-state index contributed by atoms with van der Waals surface area (Å²) in [6.45, 7) is 4.39. The Morgan fingerprint density at radius 3 is 3.04 bits per heavy atom. The molecule has 2 heterocycles. The number of aryl methyl sites for hydroxylation is 1. The molecule has 1 aliphatic rings. The molecule has 1 atom stereocenters. The number of nitrogens with zero attached hydrogens (tertiary/aromatic N) is 1. The maximum atomic E-state index is 12.6. The lowest BCUT2D eigenvalue weighted by Gasteiger charge is -2.34. The molecule has 124 valence electrons. The topological polar surface area (TPSA) is 72.0 Å². The molecular weight excluding hydrogens is 312 g/mol. The number of esters is 1. The van der Waals surface area contributed by atoms with Crippen LogP contribution in [0.5, 0.6) is 0 Å². The van der Waals surface area contributed by atoms with E-state index in [1.165, 1.54) is 6.33 Å². The van der Waals surface area contributed by atoms with Crippen molar-refractivity contribution in [3.8, 4) is 0 Å². The summed E-state index contributed by atoms with van der Waals surface area (Å²) >= 11 is 1.55. The van der Waals surface area contributed by atoms with E-state index < -0.39 is 5.41 Å². The third kappa shape index (κ3) is 2.80. The first-order valence-electron chi connectivity index (χ1n) is 8.26. The molecule has 5 nitrogen and oxygen atoms in total. The number of H-pyrrole nitrogens is 1. The molecule has 0 bridgehead atoms. The van der Waals surface area contributed by atoms with Crippen molar-refractivity contribution in [2.24, 2.45) is 5.41 Å². The number of aromatic nitrogens is 2. The number of ether oxygens (including phenoxy) is 1. The Kier molecular flexibility index (Phi) is 4.53. The molecule has 2 aromatic rings. The summed E-state index contributed by atoms with van der Waals surface area (Å²) in [5, 5.41) is 0.709. The van der Waals surface area contributed by atoms with Gasteiger partial charge >= 0.3 is 5.97 Å². The molecule has 2 aromatic heterocycles. The van der Waals surface area contributed by atoms with Crippen molar-refractivity contribution in [3.63, 3.8) is 0 Å². The van der Waals surface area contributed by atoms with Gasteiger partial charge in [-0.05, 0) is 38.2 Å². The highest BCUT2D eigenvalue weighted by Crippen LogP contribution is 2.45. The van der Waals surface area contributed by atoms with E-state index in [0.29, 0.717) is 18.4 Å². The van der Waals surface area contributed by atoms with Crippen LogP contribution in [0.15, 0.2) is 11.1 Å². The standard InChI is InChI=1S/C17H22N2O3S/c1-3-5-7-17(16(21)22-4-2)8-6-11-12(9-17)23-15-13(11)14(20)18-10-19-15/h10H,3-9H2,1-2H3,(H,18,19,20)/t17-/m0/s1. The van der Waals surface area contributed by atoms with Gasteiger partial charge in [0, 0.05) is 4.88 Å². The van der Waals surface area contributed by atoms with Crippen molar-refractivity contribution in [3.05, 3.63) is 27.1 Å². The summed E-state index contributed by atoms with van der Waals surface area (Å²) in [5.74, 6) is -0.0848. The Bertz CT molecular complexity index is 780. The molecule has 3 rings (SSSR count). The molecular formula is C17H22N2O3S. The van der Waals surface area contributed by atoms with Crippen molar-refractivity contribution in [1.29, 1.82) is 0 Å². The van der Waals surface area contributed by atoms with Crippen LogP contribution in [-0.2, 0) is 22.4 Å². The van der Waals surface area contributed by atoms with Crippen molar-refractivity contribution >= 4 is 27.5 Å². The number of hydrogen-bond acceptors (Lipinski definition) is 5. The number of carbonyl (C=O) groups is 1. The van der Waals surface area contributed by atoms with Gasteiger partial charge in [-0.2, -0.15) is 0 Å². The fourth-order valence-electron chi connectivity index (χ4n) is 3.50. The van der Waals surface area contributed by atoms with E-state index in [0.717, 1.165) is 47.4 Å². The van der Waals surface area contributed by atoms with Crippen LogP contribution in [0, 0.1) is 5.41 Å². The van der Waals surface area contributed by atoms with Crippen LogP contribution < -0.4 is 5.56 Å². The number of unbranched alkanes of at least 4 members (excludes halogenated alkanes) is 1. The van der Waals surface area contributed by atoms with Crippen LogP contribution in [0.25, 0.3) is 10.2 Å². The average Bonchev–Trinajstić information content (AvgIpc) is 2.91. The zero-order chi connectivity index (χ0) is 16.4. The van der Waals surface area contributed by atoms with E-state index in [1.807, 2.05) is 6.92 Å². The fraction of sp³-hybridized carbons (Fsp3) is 0.588. The van der Waals surface area contributed by atoms with E-state index in [-0.39, 0.29) is 11.5 Å². The van der Waals surface area contributed by atoms with Gasteiger partial charge in [-0.15, -0.1) is 11.3 Å². The van der Waals surface area contributed by atoms with Crippen LogP contribution in [0.2, 0.25) is 0 Å². The van der Waals surface area contributed by atoms with Gasteiger partial charge in [0.25, 0.3) is 5.56 Å². The third-order valence-electron chi connectivity index (χ3n) is 4.75. The second kappa shape index (κ2) is 6.43. The number of thiophene rings is 1. The highest BCUT2D eigenvalue weighted by molar-refractivity contribution is 7.18. The van der Waals surface area contributed by atoms with Crippen LogP contribution in [-0.4, -0.2) is 22.5 Å². The molecule has 6 heteroatoms. The first-order chi connectivity index (χ1) is 11.1. The van der Waals surface area contributed by atoms with Gasteiger partial charge in [-0.3, -0.25) is 9.59 Å². The fourth-order valence-corrected chi connectivity index (χ4v) is 4.83. The second-order valence-corrected chi connectivity index (χ2v) is 7.28. The van der Waals surface area contributed by atoms with Gasteiger partial charge in [0.15, 0.2) is 0 Å². The molecule has 23 heavy (non-hydrogen) atoms. The number of nitrogens with one attached hydrogen (secondary N) is 1. The second-order valence-electron chi connectivity index (χ2n) is 6.20. The zero-order valence-corrected chi connectivity index (χ0v) is 14.4. The van der Waals surface area contributed by atoms with Crippen LogP contribution in [0.1, 0.15) is 50.0 Å². The summed E-state index contributed by atoms with van der Waals surface area (Å²) in [4.78, 5) is 33.6. The summed E-state index contributed by atoms with van der Waals surface area (Å²) < 4.78 is 5.38. The molecule has 0 amide bonds. The Hall–Kier alpha value is -1.69. The monoisotopic (exact) mass is 334 g/mol. The molecule has 0 saturated carbocycles. The smallest absolute Gasteiger partial charge is 0.312 e. The Balaban J connectivity index is 2.01. The molecule has 0 saturated heterocycles. The van der Waals surface area contributed by atoms with E-state index >= 15 is 0 Å². The maximum absolute atomic E-state index is 12.6. The van der Waals surface area contributed by atoms with Crippen LogP contribution >= 0.6 is 11.3 Å². The number of fused-ring (bicyclic) bond motifs is 3. The first-order valence-corrected chi connectivity index (χ1v) is 9.08. The minimum atomic E-state index is -0.438. The van der Waals surface area contributed by atoms with Crippen LogP contribution in [0.3, 0.4) is 0 Å². The van der Waals surface area contributed by atoms with Crippen molar-refractivity contribution < 1.29 is 9.53 Å². The lowest BCUT2D eigenvalue weighted by atomic mass is 9.71. The lowest BCUT2D eigenvalue weighted by molar-refractivity contribution is -0.156. The molecule has 1 aliphatic carbocycles. The highest BCUT2D eigenvalue weighted by atomic mass is 32.1. The predicted octanol–water partition coefficient (Wildman–Crippen LogP) is 3.21. The number of rotatable bonds is 5. The van der Waals surface area contributed by atoms with E-state index in [4.69, 9.17) is 4.74 Å². The quantitative estimate of drug-likeness (QED) is 0.852.